The molecule has 0 unspecified atom stereocenters. The van der Waals surface area contributed by atoms with Crippen LogP contribution in [0.4, 0.5) is 5.82 Å². The minimum absolute atomic E-state index is 0.0184. The minimum atomic E-state index is -1.45. The molecule has 1 saturated heterocycles. The van der Waals surface area contributed by atoms with Crippen LogP contribution in [-0.2, 0) is 4.74 Å². The maximum absolute atomic E-state index is 11.4. The van der Waals surface area contributed by atoms with Gasteiger partial charge >= 0.3 is 5.69 Å². The van der Waals surface area contributed by atoms with Gasteiger partial charge in [0.25, 0.3) is 6.01 Å². The number of imidazole rings is 1. The van der Waals surface area contributed by atoms with Gasteiger partial charge in [-0.1, -0.05) is 0 Å². The van der Waals surface area contributed by atoms with Crippen molar-refractivity contribution in [3.63, 3.8) is 0 Å². The number of nitrogens with zero attached hydrogens (tertiary/aromatic N) is 3. The average Bonchev–Trinajstić information content (AvgIpc) is 2.89. The van der Waals surface area contributed by atoms with Crippen LogP contribution >= 0.6 is 0 Å². The third-order valence-corrected chi connectivity index (χ3v) is 3.34. The molecule has 0 bridgehead atoms. The Morgan fingerprint density at radius 1 is 1.33 bits per heavy atom. The zero-order chi connectivity index (χ0) is 15.3. The van der Waals surface area contributed by atoms with Crippen LogP contribution in [0, 0.1) is 0 Å². The minimum Gasteiger partial charge on any atom is -0.480 e. The van der Waals surface area contributed by atoms with E-state index in [0.717, 1.165) is 4.57 Å². The molecule has 0 spiro atoms. The monoisotopic (exact) mass is 299 g/mol. The highest BCUT2D eigenvalue weighted by atomic mass is 16.6. The Morgan fingerprint density at radius 2 is 2.05 bits per heavy atom. The fourth-order valence-corrected chi connectivity index (χ4v) is 2.33. The molecule has 7 N–H and O–H groups in total. The van der Waals surface area contributed by atoms with Crippen molar-refractivity contribution in [3.05, 3.63) is 10.5 Å². The smallest absolute Gasteiger partial charge is 0.348 e. The first-order chi connectivity index (χ1) is 9.93. The van der Waals surface area contributed by atoms with Crippen LogP contribution in [0.15, 0.2) is 4.79 Å². The third kappa shape index (κ3) is 1.94. The highest BCUT2D eigenvalue weighted by Gasteiger charge is 2.45. The van der Waals surface area contributed by atoms with Crippen molar-refractivity contribution in [3.8, 4) is 6.01 Å². The summed E-state index contributed by atoms with van der Waals surface area (Å²) >= 11 is 0. The van der Waals surface area contributed by atoms with E-state index in [4.69, 9.17) is 15.6 Å². The Bertz CT molecular complexity index is 741. The quantitative estimate of drug-likeness (QED) is 0.337. The molecule has 0 amide bonds. The molecule has 1 fully saturated rings. The van der Waals surface area contributed by atoms with Gasteiger partial charge in [0.15, 0.2) is 17.4 Å². The van der Waals surface area contributed by atoms with Crippen LogP contribution in [0.3, 0.4) is 0 Å². The Morgan fingerprint density at radius 3 is 2.67 bits per heavy atom. The molecular formula is C10H13N5O6. The van der Waals surface area contributed by atoms with E-state index in [1.165, 1.54) is 0 Å². The number of hydrogen-bond donors (Lipinski definition) is 6. The molecule has 1 aliphatic rings. The van der Waals surface area contributed by atoms with E-state index in [-0.39, 0.29) is 17.0 Å². The molecule has 0 saturated carbocycles. The number of aromatic hydroxyl groups is 1. The number of nitrogen functional groups attached to an aromatic ring is 1. The molecule has 1 aliphatic heterocycles. The summed E-state index contributed by atoms with van der Waals surface area (Å²) in [7, 11) is 0. The van der Waals surface area contributed by atoms with Gasteiger partial charge in [0.2, 0.25) is 0 Å². The third-order valence-electron chi connectivity index (χ3n) is 3.34. The molecule has 3 heterocycles. The van der Waals surface area contributed by atoms with Crippen LogP contribution in [-0.4, -0.2) is 64.9 Å². The lowest BCUT2D eigenvalue weighted by Crippen LogP contribution is -2.33. The van der Waals surface area contributed by atoms with Gasteiger partial charge in [0.1, 0.15) is 24.1 Å². The second-order valence-corrected chi connectivity index (χ2v) is 4.64. The number of nitrogens with one attached hydrogen (secondary N) is 1. The molecule has 114 valence electrons. The largest absolute Gasteiger partial charge is 0.480 e. The van der Waals surface area contributed by atoms with E-state index >= 15 is 0 Å². The molecule has 11 heteroatoms. The summed E-state index contributed by atoms with van der Waals surface area (Å²) in [5, 5.41) is 38.6. The van der Waals surface area contributed by atoms with E-state index in [0.29, 0.717) is 0 Å². The number of aromatic amines is 1. The topological polar surface area (TPSA) is 180 Å². The first kappa shape index (κ1) is 13.8. The van der Waals surface area contributed by atoms with Gasteiger partial charge in [0, 0.05) is 0 Å². The number of fused-ring (bicyclic) bond motifs is 1. The SMILES string of the molecule is Nc1[nH]c(=O)nc2c1nc(O)n2[C@@H]1O[C@H](CO)[C@@H](O)[C@H]1O. The zero-order valence-corrected chi connectivity index (χ0v) is 10.5. The number of anilines is 1. The van der Waals surface area contributed by atoms with Crippen molar-refractivity contribution >= 4 is 17.0 Å². The lowest BCUT2D eigenvalue weighted by atomic mass is 10.1. The van der Waals surface area contributed by atoms with Crippen LogP contribution in [0.2, 0.25) is 0 Å². The Labute approximate surface area is 116 Å². The van der Waals surface area contributed by atoms with Gasteiger partial charge in [-0.2, -0.15) is 9.97 Å². The van der Waals surface area contributed by atoms with Gasteiger partial charge < -0.3 is 30.9 Å². The summed E-state index contributed by atoms with van der Waals surface area (Å²) in [5.41, 5.74) is 4.72. The molecule has 0 radical (unpaired) electrons. The number of aliphatic hydroxyl groups excluding tert-OH is 3. The fourth-order valence-electron chi connectivity index (χ4n) is 2.33. The number of hydrogen-bond acceptors (Lipinski definition) is 9. The van der Waals surface area contributed by atoms with E-state index in [2.05, 4.69) is 15.0 Å². The van der Waals surface area contributed by atoms with Crippen LogP contribution < -0.4 is 11.4 Å². The first-order valence-corrected chi connectivity index (χ1v) is 6.03. The standard InChI is InChI=1S/C10H13N5O6/c11-6-3-7(14-9(19)13-6)15(10(20)12-3)8-5(18)4(17)2(1-16)21-8/h2,4-5,8,16-18H,1H2,(H,12,20)(H3,11,13,14,19)/t2-,4-,5-,8-/m1/s1. The number of rotatable bonds is 2. The molecule has 11 nitrogen and oxygen atoms in total. The molecule has 4 atom stereocenters. The Kier molecular flexibility index (Phi) is 3.06. The first-order valence-electron chi connectivity index (χ1n) is 6.03. The summed E-state index contributed by atoms with van der Waals surface area (Å²) in [6.45, 7) is -0.529. The molecular weight excluding hydrogens is 286 g/mol. The predicted molar refractivity (Wildman–Crippen MR) is 67.2 cm³/mol. The van der Waals surface area contributed by atoms with E-state index in [1.54, 1.807) is 0 Å². The molecule has 2 aromatic heterocycles. The molecule has 0 aliphatic carbocycles. The zero-order valence-electron chi connectivity index (χ0n) is 10.5. The average molecular weight is 299 g/mol. The maximum atomic E-state index is 11.4. The van der Waals surface area contributed by atoms with Gasteiger partial charge in [-0.3, -0.25) is 4.98 Å². The summed E-state index contributed by atoms with van der Waals surface area (Å²) in [4.78, 5) is 21.0. The van der Waals surface area contributed by atoms with Crippen LogP contribution in [0.25, 0.3) is 11.2 Å². The van der Waals surface area contributed by atoms with E-state index in [1.807, 2.05) is 0 Å². The number of aliphatic hydroxyl groups is 3. The molecule has 2 aromatic rings. The normalized spacial score (nSPS) is 29.3. The Balaban J connectivity index is 2.17. The predicted octanol–water partition coefficient (Wildman–Crippen LogP) is -2.98. The van der Waals surface area contributed by atoms with Gasteiger partial charge in [0.05, 0.1) is 6.61 Å². The van der Waals surface area contributed by atoms with Gasteiger partial charge in [-0.25, -0.2) is 9.36 Å². The van der Waals surface area contributed by atoms with Crippen LogP contribution in [0.5, 0.6) is 6.01 Å². The summed E-state index contributed by atoms with van der Waals surface area (Å²) in [6, 6.07) is -0.599. The van der Waals surface area contributed by atoms with E-state index in [9.17, 15) is 20.1 Å². The lowest BCUT2D eigenvalue weighted by Gasteiger charge is -2.16. The molecule has 21 heavy (non-hydrogen) atoms. The molecule has 3 rings (SSSR count). The second kappa shape index (κ2) is 4.66. The number of ether oxygens (including phenoxy) is 1. The maximum Gasteiger partial charge on any atom is 0.348 e. The number of nitrogens with two attached hydrogens (primary N) is 1. The highest BCUT2D eigenvalue weighted by Crippen LogP contribution is 2.34. The summed E-state index contributed by atoms with van der Waals surface area (Å²) in [6.07, 6.45) is -5.12. The van der Waals surface area contributed by atoms with Crippen molar-refractivity contribution in [2.75, 3.05) is 12.3 Å². The Hall–Kier alpha value is -2.21. The number of aromatic nitrogens is 4. The van der Waals surface area contributed by atoms with Crippen molar-refractivity contribution in [1.82, 2.24) is 19.5 Å². The van der Waals surface area contributed by atoms with Crippen molar-refractivity contribution in [2.45, 2.75) is 24.5 Å². The van der Waals surface area contributed by atoms with E-state index < -0.39 is 42.8 Å². The lowest BCUT2D eigenvalue weighted by molar-refractivity contribution is -0.0537. The van der Waals surface area contributed by atoms with Crippen molar-refractivity contribution < 1.29 is 25.2 Å². The highest BCUT2D eigenvalue weighted by molar-refractivity contribution is 5.82. The summed E-state index contributed by atoms with van der Waals surface area (Å²) < 4.78 is 6.20. The van der Waals surface area contributed by atoms with Crippen molar-refractivity contribution in [1.29, 1.82) is 0 Å². The molecule has 0 aromatic carbocycles. The fraction of sp³-hybridized carbons (Fsp3) is 0.500. The van der Waals surface area contributed by atoms with Gasteiger partial charge in [-0.05, 0) is 0 Å². The van der Waals surface area contributed by atoms with Crippen molar-refractivity contribution in [2.24, 2.45) is 0 Å². The van der Waals surface area contributed by atoms with Crippen LogP contribution in [0.1, 0.15) is 6.23 Å². The summed E-state index contributed by atoms with van der Waals surface area (Å²) in [5.74, 6) is -0.106. The van der Waals surface area contributed by atoms with Gasteiger partial charge in [-0.15, -0.1) is 0 Å². The number of H-pyrrole nitrogens is 1. The second-order valence-electron chi connectivity index (χ2n) is 4.64.